The summed E-state index contributed by atoms with van der Waals surface area (Å²) in [7, 11) is 1.59. The molecule has 2 heterocycles. The molecule has 6 nitrogen and oxygen atoms in total. The van der Waals surface area contributed by atoms with Gasteiger partial charge in [-0.15, -0.1) is 6.42 Å². The van der Waals surface area contributed by atoms with Gasteiger partial charge in [-0.1, -0.05) is 47.3 Å². The molecule has 2 aliphatic heterocycles. The topological polar surface area (TPSA) is 76.7 Å². The first-order valence-corrected chi connectivity index (χ1v) is 13.9. The van der Waals surface area contributed by atoms with Gasteiger partial charge in [-0.05, 0) is 84.5 Å². The van der Waals surface area contributed by atoms with Crippen LogP contribution < -0.4 is 20.1 Å². The number of benzene rings is 3. The van der Waals surface area contributed by atoms with E-state index in [9.17, 15) is 9.59 Å². The lowest BCUT2D eigenvalue weighted by atomic mass is 9.57. The molecular weight excluding hydrogens is 559 g/mol. The van der Waals surface area contributed by atoms with Crippen molar-refractivity contribution < 1.29 is 19.1 Å². The Morgan fingerprint density at radius 3 is 2.51 bits per heavy atom. The molecule has 0 saturated carbocycles. The van der Waals surface area contributed by atoms with E-state index in [2.05, 4.69) is 16.6 Å². The van der Waals surface area contributed by atoms with Crippen LogP contribution in [-0.2, 0) is 15.0 Å². The minimum absolute atomic E-state index is 0.134. The molecule has 1 unspecified atom stereocenters. The highest BCUT2D eigenvalue weighted by Gasteiger charge is 2.62. The molecule has 1 aliphatic carbocycles. The van der Waals surface area contributed by atoms with Gasteiger partial charge in [0.15, 0.2) is 0 Å². The summed E-state index contributed by atoms with van der Waals surface area (Å²) in [6, 6.07) is 17.1. The molecule has 41 heavy (non-hydrogen) atoms. The van der Waals surface area contributed by atoms with Crippen LogP contribution in [0.15, 0.2) is 83.9 Å². The van der Waals surface area contributed by atoms with Crippen LogP contribution in [0.4, 0.5) is 5.69 Å². The highest BCUT2D eigenvalue weighted by molar-refractivity contribution is 6.31. The first-order valence-electron chi connectivity index (χ1n) is 13.2. The number of methoxy groups -OCH3 is 1. The molecule has 1 spiro atoms. The smallest absolute Gasteiger partial charge is 0.237 e. The van der Waals surface area contributed by atoms with Gasteiger partial charge < -0.3 is 20.1 Å². The van der Waals surface area contributed by atoms with Crippen molar-refractivity contribution in [2.24, 2.45) is 11.8 Å². The molecule has 0 radical (unpaired) electrons. The standard InChI is InChI=1S/C33H26Cl2N2O4/c1-3-19-7-14-29(41-24-11-9-23(40-2)10-12-24)25(15-19)31-33(26-13-8-22(35)17-28(26)36-32(33)39)27(18-30(38)37-31)20-5-4-6-21(34)16-20/h1,4-15,17,20,27,31H,16,18H2,2H3,(H,36,39)(H,37,38)/t20?,27-,31+,33-/m0/s1. The largest absolute Gasteiger partial charge is 0.497 e. The van der Waals surface area contributed by atoms with Gasteiger partial charge in [0.05, 0.1) is 13.2 Å². The maximum Gasteiger partial charge on any atom is 0.237 e. The first kappa shape index (κ1) is 27.0. The number of halogens is 2. The van der Waals surface area contributed by atoms with Gasteiger partial charge in [0, 0.05) is 33.3 Å². The van der Waals surface area contributed by atoms with E-state index in [4.69, 9.17) is 39.1 Å². The van der Waals surface area contributed by atoms with Crippen LogP contribution in [0, 0.1) is 24.2 Å². The lowest BCUT2D eigenvalue weighted by Gasteiger charge is -2.49. The molecule has 8 heteroatoms. The summed E-state index contributed by atoms with van der Waals surface area (Å²) in [4.78, 5) is 27.8. The minimum atomic E-state index is -1.21. The predicted octanol–water partition coefficient (Wildman–Crippen LogP) is 6.89. The Kier molecular flexibility index (Phi) is 7.03. The van der Waals surface area contributed by atoms with Gasteiger partial charge in [-0.2, -0.15) is 0 Å². The van der Waals surface area contributed by atoms with E-state index in [0.717, 1.165) is 5.56 Å². The summed E-state index contributed by atoms with van der Waals surface area (Å²) in [5, 5.41) is 7.38. The zero-order chi connectivity index (χ0) is 28.7. The Morgan fingerprint density at radius 1 is 1.00 bits per heavy atom. The Balaban J connectivity index is 1.56. The van der Waals surface area contributed by atoms with E-state index >= 15 is 0 Å². The lowest BCUT2D eigenvalue weighted by molar-refractivity contribution is -0.135. The molecule has 1 fully saturated rings. The van der Waals surface area contributed by atoms with Crippen LogP contribution in [0.1, 0.15) is 35.6 Å². The van der Waals surface area contributed by atoms with Gasteiger partial charge in [0.2, 0.25) is 11.8 Å². The predicted molar refractivity (Wildman–Crippen MR) is 159 cm³/mol. The first-order chi connectivity index (χ1) is 19.8. The number of piperidine rings is 1. The molecule has 1 saturated heterocycles. The molecule has 3 aromatic rings. The van der Waals surface area contributed by atoms with E-state index in [1.807, 2.05) is 24.3 Å². The fraction of sp³-hybridized carbons (Fsp3) is 0.212. The maximum atomic E-state index is 14.4. The average Bonchev–Trinajstić information content (AvgIpc) is 3.25. The normalized spacial score (nSPS) is 24.6. The number of hydrogen-bond donors (Lipinski definition) is 2. The number of terminal acetylenes is 1. The SMILES string of the molecule is C#Cc1ccc(Oc2ccc(OC)cc2)c([C@H]2NC(=O)C[C@@H](C3C=CC=C(Cl)C3)[C@]23C(=O)Nc2cc(Cl)ccc23)c1. The summed E-state index contributed by atoms with van der Waals surface area (Å²) >= 11 is 12.8. The Labute approximate surface area is 248 Å². The molecule has 4 atom stereocenters. The highest BCUT2D eigenvalue weighted by atomic mass is 35.5. The monoisotopic (exact) mass is 584 g/mol. The van der Waals surface area contributed by atoms with Crippen molar-refractivity contribution in [3.63, 3.8) is 0 Å². The molecule has 2 amide bonds. The Hall–Kier alpha value is -4.18. The summed E-state index contributed by atoms with van der Waals surface area (Å²) in [6.07, 6.45) is 12.2. The second kappa shape index (κ2) is 10.7. The van der Waals surface area contributed by atoms with E-state index < -0.39 is 17.4 Å². The summed E-state index contributed by atoms with van der Waals surface area (Å²) in [5.41, 5.74) is 1.34. The van der Waals surface area contributed by atoms with Crippen LogP contribution in [0.5, 0.6) is 17.2 Å². The number of ether oxygens (including phenoxy) is 2. The van der Waals surface area contributed by atoms with Crippen LogP contribution in [-0.4, -0.2) is 18.9 Å². The van der Waals surface area contributed by atoms with Crippen molar-refractivity contribution in [2.75, 3.05) is 12.4 Å². The molecule has 3 aliphatic rings. The third-order valence-electron chi connectivity index (χ3n) is 8.16. The third-order valence-corrected chi connectivity index (χ3v) is 8.68. The Morgan fingerprint density at radius 2 is 1.78 bits per heavy atom. The van der Waals surface area contributed by atoms with E-state index in [1.54, 1.807) is 61.7 Å². The Bertz CT molecular complexity index is 1660. The van der Waals surface area contributed by atoms with Gasteiger partial charge in [-0.25, -0.2) is 0 Å². The number of carbonyl (C=O) groups is 2. The van der Waals surface area contributed by atoms with Gasteiger partial charge in [0.1, 0.15) is 22.7 Å². The average molecular weight is 585 g/mol. The number of rotatable bonds is 5. The molecule has 3 aromatic carbocycles. The van der Waals surface area contributed by atoms with Crippen molar-refractivity contribution in [2.45, 2.75) is 24.3 Å². The second-order valence-corrected chi connectivity index (χ2v) is 11.3. The van der Waals surface area contributed by atoms with Crippen molar-refractivity contribution in [1.82, 2.24) is 5.32 Å². The van der Waals surface area contributed by atoms with E-state index in [0.29, 0.717) is 50.5 Å². The number of amides is 2. The van der Waals surface area contributed by atoms with Gasteiger partial charge in [-0.3, -0.25) is 9.59 Å². The zero-order valence-electron chi connectivity index (χ0n) is 22.1. The van der Waals surface area contributed by atoms with Crippen LogP contribution in [0.25, 0.3) is 0 Å². The molecule has 6 rings (SSSR count). The highest BCUT2D eigenvalue weighted by Crippen LogP contribution is 2.58. The fourth-order valence-corrected chi connectivity index (χ4v) is 6.79. The van der Waals surface area contributed by atoms with Gasteiger partial charge >= 0.3 is 0 Å². The van der Waals surface area contributed by atoms with Crippen molar-refractivity contribution in [3.8, 4) is 29.6 Å². The second-order valence-electron chi connectivity index (χ2n) is 10.4. The molecule has 0 bridgehead atoms. The van der Waals surface area contributed by atoms with E-state index in [-0.39, 0.29) is 24.2 Å². The number of nitrogens with one attached hydrogen (secondary N) is 2. The number of carbonyl (C=O) groups excluding carboxylic acids is 2. The number of hydrogen-bond acceptors (Lipinski definition) is 4. The maximum absolute atomic E-state index is 14.4. The summed E-state index contributed by atoms with van der Waals surface area (Å²) in [6.45, 7) is 0. The van der Waals surface area contributed by atoms with Crippen LogP contribution in [0.3, 0.4) is 0 Å². The fourth-order valence-electron chi connectivity index (χ4n) is 6.37. The van der Waals surface area contributed by atoms with Crippen LogP contribution >= 0.6 is 23.2 Å². The minimum Gasteiger partial charge on any atom is -0.497 e. The zero-order valence-corrected chi connectivity index (χ0v) is 23.6. The van der Waals surface area contributed by atoms with Crippen molar-refractivity contribution in [3.05, 3.63) is 106 Å². The summed E-state index contributed by atoms with van der Waals surface area (Å²) in [5.74, 6) is 3.39. The number of anilines is 1. The van der Waals surface area contributed by atoms with Crippen molar-refractivity contribution >= 4 is 40.7 Å². The number of fused-ring (bicyclic) bond motifs is 2. The summed E-state index contributed by atoms with van der Waals surface area (Å²) < 4.78 is 11.6. The molecule has 0 aromatic heterocycles. The van der Waals surface area contributed by atoms with E-state index in [1.165, 1.54) is 0 Å². The molecule has 2 N–H and O–H groups in total. The quantitative estimate of drug-likeness (QED) is 0.320. The van der Waals surface area contributed by atoms with Crippen molar-refractivity contribution in [1.29, 1.82) is 0 Å². The third kappa shape index (κ3) is 4.65. The van der Waals surface area contributed by atoms with Crippen LogP contribution in [0.2, 0.25) is 5.02 Å². The van der Waals surface area contributed by atoms with Gasteiger partial charge in [0.25, 0.3) is 0 Å². The molecular formula is C33H26Cl2N2O4. The lowest BCUT2D eigenvalue weighted by Crippen LogP contribution is -2.59. The number of allylic oxidation sites excluding steroid dienone is 4. The molecule has 206 valence electrons.